The first-order chi connectivity index (χ1) is 9.83. The zero-order valence-corrected chi connectivity index (χ0v) is 15.4. The second-order valence-electron chi connectivity index (χ2n) is 5.95. The van der Waals surface area contributed by atoms with Crippen LogP contribution in [0.3, 0.4) is 0 Å². The summed E-state index contributed by atoms with van der Waals surface area (Å²) in [6, 6.07) is 4.46. The Hall–Kier alpha value is -0.736. The van der Waals surface area contributed by atoms with Crippen LogP contribution in [-0.2, 0) is 26.5 Å². The molecule has 1 radical (unpaired) electrons. The standard InChI is InChI=1S/C17H24F2NO.Ti/c1-5-7-11-20(16(21)17(3,4)10-6-2)15-9-8-13(18)12-14(15)19;/h8-9H,5-7,10-11H2,1-4H3;. The Morgan fingerprint density at radius 2 is 1.86 bits per heavy atom. The number of benzene rings is 1. The fourth-order valence-corrected chi connectivity index (χ4v) is 2.39. The number of anilines is 1. The van der Waals surface area contributed by atoms with Gasteiger partial charge in [-0.2, -0.15) is 0 Å². The first-order valence-electron chi connectivity index (χ1n) is 7.52. The summed E-state index contributed by atoms with van der Waals surface area (Å²) in [5, 5.41) is 0. The fraction of sp³-hybridized carbons (Fsp3) is 0.588. The molecular weight excluding hydrogens is 320 g/mol. The van der Waals surface area contributed by atoms with Gasteiger partial charge in [-0.1, -0.05) is 40.5 Å². The van der Waals surface area contributed by atoms with Crippen LogP contribution in [0.2, 0.25) is 0 Å². The van der Waals surface area contributed by atoms with Gasteiger partial charge in [-0.15, -0.1) is 0 Å². The molecule has 0 aromatic heterocycles. The summed E-state index contributed by atoms with van der Waals surface area (Å²) in [6.07, 6.45) is 3.26. The van der Waals surface area contributed by atoms with Crippen LogP contribution in [-0.4, -0.2) is 12.5 Å². The van der Waals surface area contributed by atoms with E-state index in [9.17, 15) is 13.6 Å². The Morgan fingerprint density at radius 1 is 1.23 bits per heavy atom. The molecule has 0 aliphatic carbocycles. The third-order valence-corrected chi connectivity index (χ3v) is 3.57. The van der Waals surface area contributed by atoms with E-state index in [0.29, 0.717) is 6.54 Å². The molecule has 0 saturated carbocycles. The van der Waals surface area contributed by atoms with Crippen molar-refractivity contribution in [1.82, 2.24) is 0 Å². The van der Waals surface area contributed by atoms with E-state index in [1.165, 1.54) is 11.0 Å². The van der Waals surface area contributed by atoms with Gasteiger partial charge in [0.1, 0.15) is 5.82 Å². The molecular formula is C17H24F2NOTi. The van der Waals surface area contributed by atoms with Gasteiger partial charge in [-0.05, 0) is 25.0 Å². The summed E-state index contributed by atoms with van der Waals surface area (Å²) >= 11 is 0. The molecule has 1 rings (SSSR count). The summed E-state index contributed by atoms with van der Waals surface area (Å²) in [4.78, 5) is 14.2. The van der Waals surface area contributed by atoms with Gasteiger partial charge < -0.3 is 4.90 Å². The van der Waals surface area contributed by atoms with Crippen molar-refractivity contribution in [2.24, 2.45) is 5.41 Å². The Bertz CT molecular complexity index is 492. The summed E-state index contributed by atoms with van der Waals surface area (Å²) in [5.74, 6) is -1.70. The first-order valence-corrected chi connectivity index (χ1v) is 7.52. The number of hydrogen-bond acceptors (Lipinski definition) is 1. The van der Waals surface area contributed by atoms with Crippen molar-refractivity contribution in [3.05, 3.63) is 29.8 Å². The third kappa shape index (κ3) is 5.47. The molecule has 1 aromatic rings. The van der Waals surface area contributed by atoms with Gasteiger partial charge >= 0.3 is 0 Å². The molecule has 0 unspecified atom stereocenters. The first kappa shape index (κ1) is 21.3. The van der Waals surface area contributed by atoms with E-state index in [0.717, 1.165) is 31.7 Å². The summed E-state index contributed by atoms with van der Waals surface area (Å²) in [7, 11) is 0. The molecule has 0 saturated heterocycles. The number of amides is 1. The van der Waals surface area contributed by atoms with Crippen LogP contribution in [0.15, 0.2) is 12.1 Å². The van der Waals surface area contributed by atoms with Crippen LogP contribution in [0.25, 0.3) is 0 Å². The zero-order valence-electron chi connectivity index (χ0n) is 13.8. The molecule has 2 nitrogen and oxygen atoms in total. The van der Waals surface area contributed by atoms with Crippen LogP contribution >= 0.6 is 0 Å². The average Bonchev–Trinajstić information content (AvgIpc) is 2.40. The normalized spacial score (nSPS) is 11.0. The number of rotatable bonds is 7. The number of unbranched alkanes of at least 4 members (excludes halogenated alkanes) is 1. The van der Waals surface area contributed by atoms with Crippen LogP contribution in [0, 0.1) is 23.1 Å². The van der Waals surface area contributed by atoms with Gasteiger partial charge in [-0.25, -0.2) is 8.78 Å². The quantitative estimate of drug-likeness (QED) is 0.656. The minimum Gasteiger partial charge on any atom is -0.309 e. The second kappa shape index (κ2) is 9.41. The molecule has 0 bridgehead atoms. The van der Waals surface area contributed by atoms with Gasteiger partial charge in [0.15, 0.2) is 5.82 Å². The molecule has 0 N–H and O–H groups in total. The Kier molecular flexibility index (Phi) is 9.10. The van der Waals surface area contributed by atoms with Crippen molar-refractivity contribution in [1.29, 1.82) is 0 Å². The van der Waals surface area contributed by atoms with E-state index in [1.54, 1.807) is 0 Å². The third-order valence-electron chi connectivity index (χ3n) is 3.57. The SMILES string of the molecule is CCCCN(C(=O)C(C)(C)CCC)c1ccc(F)[c]c1F.[Ti]. The number of carbonyl (C=O) groups excluding carboxylic acids is 1. The molecule has 1 aromatic carbocycles. The molecule has 22 heavy (non-hydrogen) atoms. The maximum absolute atomic E-state index is 14.0. The topological polar surface area (TPSA) is 20.3 Å². The van der Waals surface area contributed by atoms with E-state index in [2.05, 4.69) is 0 Å². The number of nitrogens with zero attached hydrogens (tertiary/aromatic N) is 1. The molecule has 0 heterocycles. The second-order valence-corrected chi connectivity index (χ2v) is 5.95. The number of halogens is 2. The smallest absolute Gasteiger partial charge is 0.232 e. The molecule has 1 amide bonds. The van der Waals surface area contributed by atoms with Crippen molar-refractivity contribution in [3.8, 4) is 0 Å². The monoisotopic (exact) mass is 344 g/mol. The van der Waals surface area contributed by atoms with Gasteiger partial charge in [0, 0.05) is 33.7 Å². The van der Waals surface area contributed by atoms with Gasteiger partial charge in [0.2, 0.25) is 5.91 Å². The molecule has 5 heteroatoms. The van der Waals surface area contributed by atoms with Crippen molar-refractivity contribution in [3.63, 3.8) is 0 Å². The number of carbonyl (C=O) groups is 1. The Balaban J connectivity index is 0.00000441. The zero-order chi connectivity index (χ0) is 16.0. The Labute approximate surface area is 147 Å². The maximum atomic E-state index is 14.0. The van der Waals surface area contributed by atoms with E-state index in [1.807, 2.05) is 33.8 Å². The molecule has 0 atom stereocenters. The van der Waals surface area contributed by atoms with Crippen molar-refractivity contribution in [2.75, 3.05) is 11.4 Å². The van der Waals surface area contributed by atoms with Gasteiger partial charge in [-0.3, -0.25) is 4.79 Å². The summed E-state index contributed by atoms with van der Waals surface area (Å²) in [6.45, 7) is 8.18. The van der Waals surface area contributed by atoms with E-state index in [4.69, 9.17) is 0 Å². The van der Waals surface area contributed by atoms with Gasteiger partial charge in [0.25, 0.3) is 0 Å². The predicted octanol–water partition coefficient (Wildman–Crippen LogP) is 4.72. The minimum atomic E-state index is -0.813. The fourth-order valence-electron chi connectivity index (χ4n) is 2.39. The Morgan fingerprint density at radius 3 is 2.36 bits per heavy atom. The molecule has 0 aliphatic rings. The van der Waals surface area contributed by atoms with E-state index < -0.39 is 17.0 Å². The number of hydrogen-bond donors (Lipinski definition) is 0. The van der Waals surface area contributed by atoms with E-state index >= 15 is 0 Å². The van der Waals surface area contributed by atoms with Crippen LogP contribution < -0.4 is 4.90 Å². The molecule has 0 fully saturated rings. The van der Waals surface area contributed by atoms with Gasteiger partial charge in [0.05, 0.1) is 11.8 Å². The largest absolute Gasteiger partial charge is 0.309 e. The summed E-state index contributed by atoms with van der Waals surface area (Å²) < 4.78 is 27.0. The van der Waals surface area contributed by atoms with Crippen molar-refractivity contribution >= 4 is 11.6 Å². The molecule has 0 spiro atoms. The average molecular weight is 344 g/mol. The maximum Gasteiger partial charge on any atom is 0.232 e. The van der Waals surface area contributed by atoms with Crippen LogP contribution in [0.5, 0.6) is 0 Å². The van der Waals surface area contributed by atoms with Crippen LogP contribution in [0.4, 0.5) is 14.5 Å². The van der Waals surface area contributed by atoms with Crippen molar-refractivity contribution < 1.29 is 35.3 Å². The van der Waals surface area contributed by atoms with Crippen molar-refractivity contribution in [2.45, 2.75) is 53.4 Å². The van der Waals surface area contributed by atoms with E-state index in [-0.39, 0.29) is 33.3 Å². The molecule has 121 valence electrons. The minimum absolute atomic E-state index is 0. The summed E-state index contributed by atoms with van der Waals surface area (Å²) in [5.41, 5.74) is -0.456. The predicted molar refractivity (Wildman–Crippen MR) is 81.1 cm³/mol. The van der Waals surface area contributed by atoms with Crippen LogP contribution in [0.1, 0.15) is 53.4 Å². The molecule has 0 aliphatic heterocycles.